The van der Waals surface area contributed by atoms with Gasteiger partial charge in [-0.3, -0.25) is 9.59 Å². The topological polar surface area (TPSA) is 66.6 Å². The van der Waals surface area contributed by atoms with Crippen molar-refractivity contribution in [1.29, 1.82) is 0 Å². The van der Waals surface area contributed by atoms with Crippen molar-refractivity contribution in [3.05, 3.63) is 72.1 Å². The van der Waals surface area contributed by atoms with E-state index >= 15 is 0 Å². The maximum absolute atomic E-state index is 13.8. The zero-order chi connectivity index (χ0) is 20.6. The summed E-state index contributed by atoms with van der Waals surface area (Å²) in [7, 11) is 1.65. The van der Waals surface area contributed by atoms with E-state index in [9.17, 15) is 14.0 Å². The first-order valence-corrected chi connectivity index (χ1v) is 9.12. The van der Waals surface area contributed by atoms with E-state index in [-0.39, 0.29) is 23.1 Å². The number of carbonyl (C=O) groups is 2. The number of hydrogen-bond acceptors (Lipinski definition) is 3. The number of benzene rings is 2. The van der Waals surface area contributed by atoms with E-state index in [1.807, 2.05) is 44.2 Å². The molecule has 2 atom stereocenters. The van der Waals surface area contributed by atoms with Crippen LogP contribution in [0.2, 0.25) is 0 Å². The van der Waals surface area contributed by atoms with Crippen LogP contribution in [0.3, 0.4) is 0 Å². The number of anilines is 1. The normalized spacial score (nSPS) is 19.4. The molecule has 2 amide bonds. The molecule has 0 spiro atoms. The van der Waals surface area contributed by atoms with Crippen molar-refractivity contribution >= 4 is 23.1 Å². The number of nitrogens with zero attached hydrogens (tertiary/aromatic N) is 2. The highest BCUT2D eigenvalue weighted by atomic mass is 19.1. The SMILES string of the molecule is C=C(c1ccccc1)[C@@H]1N(C)C(=O)[C@H](C(C)C)N1C(=O)c1cc(F)ccc1N. The molecule has 3 rings (SSSR count). The fourth-order valence-corrected chi connectivity index (χ4v) is 3.69. The second-order valence-corrected chi connectivity index (χ2v) is 7.35. The molecule has 5 nitrogen and oxygen atoms in total. The molecule has 2 aromatic rings. The fourth-order valence-electron chi connectivity index (χ4n) is 3.69. The van der Waals surface area contributed by atoms with Gasteiger partial charge in [-0.15, -0.1) is 0 Å². The van der Waals surface area contributed by atoms with E-state index < -0.39 is 23.9 Å². The number of nitrogens with two attached hydrogens (primary N) is 1. The van der Waals surface area contributed by atoms with Crippen LogP contribution >= 0.6 is 0 Å². The number of hydrogen-bond donors (Lipinski definition) is 1. The molecule has 0 aromatic heterocycles. The van der Waals surface area contributed by atoms with Gasteiger partial charge in [-0.1, -0.05) is 50.8 Å². The van der Waals surface area contributed by atoms with Gasteiger partial charge >= 0.3 is 0 Å². The predicted octanol–water partition coefficient (Wildman–Crippen LogP) is 3.39. The van der Waals surface area contributed by atoms with E-state index in [0.29, 0.717) is 5.57 Å². The third-order valence-electron chi connectivity index (χ3n) is 5.10. The Morgan fingerprint density at radius 3 is 2.43 bits per heavy atom. The molecule has 0 aliphatic carbocycles. The Hall–Kier alpha value is -3.15. The van der Waals surface area contributed by atoms with Crippen molar-refractivity contribution in [1.82, 2.24) is 9.80 Å². The lowest BCUT2D eigenvalue weighted by molar-refractivity contribution is -0.129. The molecule has 2 N–H and O–H groups in total. The zero-order valence-electron chi connectivity index (χ0n) is 16.2. The zero-order valence-corrected chi connectivity index (χ0v) is 16.2. The summed E-state index contributed by atoms with van der Waals surface area (Å²) < 4.78 is 13.8. The lowest BCUT2D eigenvalue weighted by Crippen LogP contribution is -2.46. The van der Waals surface area contributed by atoms with Gasteiger partial charge in [0.05, 0.1) is 5.56 Å². The molecule has 0 bridgehead atoms. The third-order valence-corrected chi connectivity index (χ3v) is 5.10. The molecular weight excluding hydrogens is 357 g/mol. The summed E-state index contributed by atoms with van der Waals surface area (Å²) in [6, 6.07) is 12.4. The summed E-state index contributed by atoms with van der Waals surface area (Å²) in [6.45, 7) is 7.91. The van der Waals surface area contributed by atoms with E-state index in [2.05, 4.69) is 6.58 Å². The standard InChI is InChI=1S/C22H24FN3O2/c1-13(2)19-22(28)25(4)20(14(3)15-8-6-5-7-9-15)26(19)21(27)17-12-16(23)10-11-18(17)24/h5-13,19-20H,3,24H2,1-2,4H3/t19-,20+/m0/s1. The van der Waals surface area contributed by atoms with Gasteiger partial charge < -0.3 is 15.5 Å². The second-order valence-electron chi connectivity index (χ2n) is 7.35. The van der Waals surface area contributed by atoms with Crippen LogP contribution in [0.5, 0.6) is 0 Å². The summed E-state index contributed by atoms with van der Waals surface area (Å²) >= 11 is 0. The largest absolute Gasteiger partial charge is 0.398 e. The van der Waals surface area contributed by atoms with E-state index in [0.717, 1.165) is 11.6 Å². The summed E-state index contributed by atoms with van der Waals surface area (Å²) in [6.07, 6.45) is -0.683. The van der Waals surface area contributed by atoms with Gasteiger partial charge in [0, 0.05) is 12.7 Å². The summed E-state index contributed by atoms with van der Waals surface area (Å²) in [5, 5.41) is 0. The Balaban J connectivity index is 2.11. The molecular formula is C22H24FN3O2. The first-order chi connectivity index (χ1) is 13.2. The number of likely N-dealkylation sites (N-methyl/N-ethyl adjacent to an activating group) is 1. The first-order valence-electron chi connectivity index (χ1n) is 9.12. The van der Waals surface area contributed by atoms with Crippen molar-refractivity contribution in [2.45, 2.75) is 26.1 Å². The number of rotatable bonds is 4. The first kappa shape index (κ1) is 19.6. The third kappa shape index (κ3) is 3.26. The molecule has 0 radical (unpaired) electrons. The Bertz CT molecular complexity index is 927. The molecule has 0 saturated carbocycles. The van der Waals surface area contributed by atoms with Gasteiger partial charge in [0.2, 0.25) is 5.91 Å². The molecule has 0 unspecified atom stereocenters. The molecule has 28 heavy (non-hydrogen) atoms. The average molecular weight is 381 g/mol. The van der Waals surface area contributed by atoms with Crippen LogP contribution < -0.4 is 5.73 Å². The fraction of sp³-hybridized carbons (Fsp3) is 0.273. The van der Waals surface area contributed by atoms with Gasteiger partial charge in [-0.05, 0) is 35.3 Å². The number of nitrogen functional groups attached to an aromatic ring is 1. The van der Waals surface area contributed by atoms with Gasteiger partial charge in [-0.25, -0.2) is 4.39 Å². The van der Waals surface area contributed by atoms with Gasteiger partial charge in [0.25, 0.3) is 5.91 Å². The number of amides is 2. The molecule has 1 aliphatic rings. The summed E-state index contributed by atoms with van der Waals surface area (Å²) in [5.41, 5.74) is 7.59. The highest BCUT2D eigenvalue weighted by molar-refractivity contribution is 6.04. The number of carbonyl (C=O) groups excluding carboxylic acids is 2. The Kier molecular flexibility index (Phi) is 5.23. The molecule has 1 fully saturated rings. The van der Waals surface area contributed by atoms with E-state index in [4.69, 9.17) is 5.73 Å². The molecule has 2 aromatic carbocycles. The van der Waals surface area contributed by atoms with E-state index in [1.165, 1.54) is 21.9 Å². The van der Waals surface area contributed by atoms with Gasteiger partial charge in [0.15, 0.2) is 0 Å². The molecule has 6 heteroatoms. The predicted molar refractivity (Wildman–Crippen MR) is 108 cm³/mol. The van der Waals surface area contributed by atoms with Gasteiger partial charge in [0.1, 0.15) is 18.0 Å². The lowest BCUT2D eigenvalue weighted by Gasteiger charge is -2.33. The minimum atomic E-state index is -0.689. The molecule has 1 heterocycles. The van der Waals surface area contributed by atoms with Crippen molar-refractivity contribution in [2.24, 2.45) is 5.92 Å². The van der Waals surface area contributed by atoms with E-state index in [1.54, 1.807) is 7.05 Å². The highest BCUT2D eigenvalue weighted by Gasteiger charge is 2.49. The Labute approximate surface area is 164 Å². The van der Waals surface area contributed by atoms with Crippen LogP contribution in [-0.4, -0.2) is 40.9 Å². The Morgan fingerprint density at radius 2 is 1.82 bits per heavy atom. The molecule has 1 saturated heterocycles. The monoisotopic (exact) mass is 381 g/mol. The van der Waals surface area contributed by atoms with Crippen molar-refractivity contribution in [3.63, 3.8) is 0 Å². The highest BCUT2D eigenvalue weighted by Crippen LogP contribution is 2.35. The molecule has 1 aliphatic heterocycles. The van der Waals surface area contributed by atoms with Crippen LogP contribution in [0.15, 0.2) is 55.1 Å². The van der Waals surface area contributed by atoms with Crippen molar-refractivity contribution < 1.29 is 14.0 Å². The maximum Gasteiger partial charge on any atom is 0.258 e. The van der Waals surface area contributed by atoms with Crippen LogP contribution in [0.4, 0.5) is 10.1 Å². The summed E-state index contributed by atoms with van der Waals surface area (Å²) in [5.74, 6) is -1.37. The maximum atomic E-state index is 13.8. The van der Waals surface area contributed by atoms with Gasteiger partial charge in [-0.2, -0.15) is 0 Å². The van der Waals surface area contributed by atoms with Crippen molar-refractivity contribution in [3.8, 4) is 0 Å². The lowest BCUT2D eigenvalue weighted by atomic mass is 9.99. The smallest absolute Gasteiger partial charge is 0.258 e. The minimum absolute atomic E-state index is 0.0413. The van der Waals surface area contributed by atoms with Crippen LogP contribution in [0.1, 0.15) is 29.8 Å². The van der Waals surface area contributed by atoms with Crippen LogP contribution in [0.25, 0.3) is 5.57 Å². The second kappa shape index (κ2) is 7.46. The van der Waals surface area contributed by atoms with Crippen molar-refractivity contribution in [2.75, 3.05) is 12.8 Å². The van der Waals surface area contributed by atoms with Crippen LogP contribution in [0, 0.1) is 11.7 Å². The average Bonchev–Trinajstić information content (AvgIpc) is 2.94. The quantitative estimate of drug-likeness (QED) is 0.826. The molecule has 146 valence electrons. The summed E-state index contributed by atoms with van der Waals surface area (Å²) in [4.78, 5) is 29.4. The van der Waals surface area contributed by atoms with Crippen LogP contribution in [-0.2, 0) is 4.79 Å². The Morgan fingerprint density at radius 1 is 1.18 bits per heavy atom. The number of halogens is 1. The minimum Gasteiger partial charge on any atom is -0.398 e.